The molecule has 0 radical (unpaired) electrons. The van der Waals surface area contributed by atoms with Crippen LogP contribution < -0.4 is 0 Å². The fourth-order valence-electron chi connectivity index (χ4n) is 6.30. The van der Waals surface area contributed by atoms with Crippen LogP contribution in [0.15, 0.2) is 85.1 Å². The molecule has 0 bridgehead atoms. The van der Waals surface area contributed by atoms with E-state index in [0.717, 1.165) is 109 Å². The Labute approximate surface area is 363 Å². The minimum Gasteiger partial charge on any atom is -0.462 e. The normalized spacial score (nSPS) is 12.8. The lowest BCUT2D eigenvalue weighted by Crippen LogP contribution is -2.30. The van der Waals surface area contributed by atoms with Crippen molar-refractivity contribution < 1.29 is 28.6 Å². The van der Waals surface area contributed by atoms with E-state index in [1.807, 2.05) is 0 Å². The molecule has 1 unspecified atom stereocenters. The average Bonchev–Trinajstić information content (AvgIpc) is 3.23. The van der Waals surface area contributed by atoms with Crippen molar-refractivity contribution in [3.8, 4) is 0 Å². The Morgan fingerprint density at radius 3 is 1.12 bits per heavy atom. The van der Waals surface area contributed by atoms with Gasteiger partial charge in [0.1, 0.15) is 13.2 Å². The molecule has 0 spiro atoms. The van der Waals surface area contributed by atoms with Crippen LogP contribution >= 0.6 is 0 Å². The Morgan fingerprint density at radius 1 is 0.356 bits per heavy atom. The molecule has 59 heavy (non-hydrogen) atoms. The lowest BCUT2D eigenvalue weighted by molar-refractivity contribution is -0.167. The number of allylic oxidation sites excluding steroid dienone is 14. The second-order valence-electron chi connectivity index (χ2n) is 15.6. The van der Waals surface area contributed by atoms with Crippen molar-refractivity contribution in [3.63, 3.8) is 0 Å². The summed E-state index contributed by atoms with van der Waals surface area (Å²) in [5.74, 6) is -0.965. The maximum Gasteiger partial charge on any atom is 0.306 e. The summed E-state index contributed by atoms with van der Waals surface area (Å²) < 4.78 is 16.7. The minimum absolute atomic E-state index is 0.0983. The van der Waals surface area contributed by atoms with Gasteiger partial charge in [0.05, 0.1) is 0 Å². The van der Waals surface area contributed by atoms with Crippen LogP contribution in [0.1, 0.15) is 213 Å². The summed E-state index contributed by atoms with van der Waals surface area (Å²) in [6.07, 6.45) is 60.0. The maximum absolute atomic E-state index is 12.7. The first kappa shape index (κ1) is 55.6. The molecule has 6 nitrogen and oxygen atoms in total. The summed E-state index contributed by atoms with van der Waals surface area (Å²) in [5, 5.41) is 0. The molecule has 0 aliphatic carbocycles. The predicted molar refractivity (Wildman–Crippen MR) is 251 cm³/mol. The number of rotatable bonds is 42. The number of carbonyl (C=O) groups excluding carboxylic acids is 3. The molecule has 0 aromatic rings. The fourth-order valence-corrected chi connectivity index (χ4v) is 6.30. The van der Waals surface area contributed by atoms with Crippen molar-refractivity contribution in [1.82, 2.24) is 0 Å². The van der Waals surface area contributed by atoms with Crippen LogP contribution in [0, 0.1) is 0 Å². The van der Waals surface area contributed by atoms with E-state index < -0.39 is 6.10 Å². The van der Waals surface area contributed by atoms with Gasteiger partial charge in [-0.15, -0.1) is 0 Å². The predicted octanol–water partition coefficient (Wildman–Crippen LogP) is 15.6. The molecular formula is C53H88O6. The van der Waals surface area contributed by atoms with E-state index in [1.165, 1.54) is 57.8 Å². The van der Waals surface area contributed by atoms with E-state index in [-0.39, 0.29) is 31.1 Å². The van der Waals surface area contributed by atoms with Crippen molar-refractivity contribution in [3.05, 3.63) is 85.1 Å². The number of hydrogen-bond acceptors (Lipinski definition) is 6. The fraction of sp³-hybridized carbons (Fsp3) is 0.679. The molecule has 336 valence electrons. The molecule has 6 heteroatoms. The standard InChI is InChI=1S/C53H88O6/c1-4-7-10-13-16-19-21-23-25-27-29-31-34-37-40-43-46-52(55)58-49-50(48-57-51(54)45-42-39-36-33-18-15-12-9-6-3)59-53(56)47-44-41-38-35-32-30-28-26-24-22-20-17-14-11-8-5-2/h7-8,10-11,16-17,19-20,23-26,33,36,50H,4-6,9,12-15,18,21-22,27-32,34-35,37-49H2,1-3H3/b10-7-,11-8-,19-16-,20-17-,25-23-,26-24-,36-33-. The van der Waals surface area contributed by atoms with Crippen molar-refractivity contribution in [2.75, 3.05) is 13.2 Å². The highest BCUT2D eigenvalue weighted by Gasteiger charge is 2.19. The molecule has 0 aliphatic heterocycles. The highest BCUT2D eigenvalue weighted by atomic mass is 16.6. The molecule has 0 rings (SSSR count). The van der Waals surface area contributed by atoms with Gasteiger partial charge in [0.25, 0.3) is 0 Å². The van der Waals surface area contributed by atoms with E-state index in [2.05, 4.69) is 106 Å². The van der Waals surface area contributed by atoms with Gasteiger partial charge in [-0.1, -0.05) is 176 Å². The van der Waals surface area contributed by atoms with E-state index in [4.69, 9.17) is 14.2 Å². The van der Waals surface area contributed by atoms with Gasteiger partial charge in [-0.2, -0.15) is 0 Å². The van der Waals surface area contributed by atoms with Crippen molar-refractivity contribution in [2.45, 2.75) is 219 Å². The van der Waals surface area contributed by atoms with Crippen LogP contribution in [0.3, 0.4) is 0 Å². The quantitative estimate of drug-likeness (QED) is 0.0264. The molecule has 0 saturated heterocycles. The maximum atomic E-state index is 12.7. The number of unbranched alkanes of at least 4 members (excludes halogenated alkanes) is 17. The molecule has 0 N–H and O–H groups in total. The Bertz CT molecular complexity index is 1170. The second-order valence-corrected chi connectivity index (χ2v) is 15.6. The van der Waals surface area contributed by atoms with Crippen LogP contribution in [0.5, 0.6) is 0 Å². The third-order valence-electron chi connectivity index (χ3n) is 9.86. The molecule has 0 aromatic carbocycles. The molecule has 0 aromatic heterocycles. The topological polar surface area (TPSA) is 78.9 Å². The first-order valence-corrected chi connectivity index (χ1v) is 24.1. The summed E-state index contributed by atoms with van der Waals surface area (Å²) in [7, 11) is 0. The van der Waals surface area contributed by atoms with E-state index in [0.29, 0.717) is 25.7 Å². The Morgan fingerprint density at radius 2 is 0.678 bits per heavy atom. The highest BCUT2D eigenvalue weighted by molar-refractivity contribution is 5.71. The number of carbonyl (C=O) groups is 3. The lowest BCUT2D eigenvalue weighted by Gasteiger charge is -2.18. The van der Waals surface area contributed by atoms with Crippen molar-refractivity contribution in [2.24, 2.45) is 0 Å². The van der Waals surface area contributed by atoms with Gasteiger partial charge in [0.15, 0.2) is 6.10 Å². The van der Waals surface area contributed by atoms with Gasteiger partial charge in [-0.05, 0) is 103 Å². The third-order valence-corrected chi connectivity index (χ3v) is 9.86. The number of ether oxygens (including phenoxy) is 3. The van der Waals surface area contributed by atoms with Crippen LogP contribution in [-0.2, 0) is 28.6 Å². The molecule has 0 fully saturated rings. The average molecular weight is 821 g/mol. The molecule has 0 aliphatic rings. The lowest BCUT2D eigenvalue weighted by atomic mass is 10.1. The zero-order chi connectivity index (χ0) is 43.0. The summed E-state index contributed by atoms with van der Waals surface area (Å²) in [4.78, 5) is 37.8. The Kier molecular flexibility index (Phi) is 44.5. The van der Waals surface area contributed by atoms with Gasteiger partial charge in [-0.3, -0.25) is 14.4 Å². The second kappa shape index (κ2) is 47.3. The molecular weight excluding hydrogens is 733 g/mol. The van der Waals surface area contributed by atoms with Gasteiger partial charge < -0.3 is 14.2 Å². The van der Waals surface area contributed by atoms with E-state index in [1.54, 1.807) is 0 Å². The van der Waals surface area contributed by atoms with Crippen LogP contribution in [0.25, 0.3) is 0 Å². The Balaban J connectivity index is 4.42. The zero-order valence-corrected chi connectivity index (χ0v) is 38.2. The third kappa shape index (κ3) is 45.5. The van der Waals surface area contributed by atoms with Gasteiger partial charge in [0.2, 0.25) is 0 Å². The van der Waals surface area contributed by atoms with Crippen LogP contribution in [0.4, 0.5) is 0 Å². The molecule has 0 amide bonds. The largest absolute Gasteiger partial charge is 0.462 e. The van der Waals surface area contributed by atoms with Crippen LogP contribution in [-0.4, -0.2) is 37.2 Å². The molecule has 0 heterocycles. The summed E-state index contributed by atoms with van der Waals surface area (Å²) in [6.45, 7) is 6.32. The smallest absolute Gasteiger partial charge is 0.306 e. The van der Waals surface area contributed by atoms with Crippen LogP contribution in [0.2, 0.25) is 0 Å². The zero-order valence-electron chi connectivity index (χ0n) is 38.2. The van der Waals surface area contributed by atoms with Crippen molar-refractivity contribution >= 4 is 17.9 Å². The van der Waals surface area contributed by atoms with Crippen molar-refractivity contribution in [1.29, 1.82) is 0 Å². The first-order chi connectivity index (χ1) is 29.0. The summed E-state index contributed by atoms with van der Waals surface area (Å²) >= 11 is 0. The van der Waals surface area contributed by atoms with Gasteiger partial charge >= 0.3 is 17.9 Å². The Hall–Kier alpha value is -3.41. The summed E-state index contributed by atoms with van der Waals surface area (Å²) in [6, 6.07) is 0. The SMILES string of the molecule is CC/C=C\C/C=C\C/C=C\CCCCCCCCC(=O)OCC(COC(=O)CCC/C=C\CCCCCC)OC(=O)CCCCCCCC/C=C\C/C=C\C/C=C\CC. The first-order valence-electron chi connectivity index (χ1n) is 24.1. The highest BCUT2D eigenvalue weighted by Crippen LogP contribution is 2.13. The van der Waals surface area contributed by atoms with E-state index in [9.17, 15) is 14.4 Å². The minimum atomic E-state index is -0.798. The molecule has 0 saturated carbocycles. The van der Waals surface area contributed by atoms with Gasteiger partial charge in [0, 0.05) is 19.3 Å². The van der Waals surface area contributed by atoms with Gasteiger partial charge in [-0.25, -0.2) is 0 Å². The summed E-state index contributed by atoms with van der Waals surface area (Å²) in [5.41, 5.74) is 0. The number of hydrogen-bond donors (Lipinski definition) is 0. The monoisotopic (exact) mass is 821 g/mol. The van der Waals surface area contributed by atoms with E-state index >= 15 is 0 Å². The number of esters is 3. The molecule has 1 atom stereocenters.